The minimum atomic E-state index is -0.804. The molecule has 1 amide bonds. The van der Waals surface area contributed by atoms with Gasteiger partial charge in [-0.1, -0.05) is 72.8 Å². The topological polar surface area (TPSA) is 79.3 Å². The van der Waals surface area contributed by atoms with Crippen LogP contribution in [0.2, 0.25) is 0 Å². The lowest BCUT2D eigenvalue weighted by molar-refractivity contribution is -0.137. The number of benzene rings is 3. The Balaban J connectivity index is 1.60. The third kappa shape index (κ3) is 6.30. The maximum Gasteiger partial charge on any atom is 0.303 e. The number of nitrogens with zero attached hydrogens (tertiary/aromatic N) is 1. The van der Waals surface area contributed by atoms with E-state index in [0.29, 0.717) is 24.1 Å². The largest absolute Gasteiger partial charge is 0.481 e. The van der Waals surface area contributed by atoms with Gasteiger partial charge in [0.2, 0.25) is 0 Å². The number of hydrogen-bond acceptors (Lipinski definition) is 3. The molecule has 1 heterocycles. The Morgan fingerprint density at radius 3 is 2.40 bits per heavy atom. The van der Waals surface area contributed by atoms with Crippen LogP contribution < -0.4 is 5.32 Å². The number of carboxylic acid groups (broad SMARTS) is 1. The third-order valence-corrected chi connectivity index (χ3v) is 5.60. The number of carboxylic acids is 1. The van der Waals surface area contributed by atoms with E-state index in [1.807, 2.05) is 97.1 Å². The molecule has 5 nitrogen and oxygen atoms in total. The van der Waals surface area contributed by atoms with Crippen molar-refractivity contribution in [2.75, 3.05) is 5.32 Å². The fourth-order valence-corrected chi connectivity index (χ4v) is 3.94. The van der Waals surface area contributed by atoms with E-state index < -0.39 is 5.97 Å². The molecule has 0 unspecified atom stereocenters. The van der Waals surface area contributed by atoms with E-state index in [0.717, 1.165) is 27.8 Å². The molecule has 4 rings (SSSR count). The van der Waals surface area contributed by atoms with E-state index >= 15 is 0 Å². The lowest BCUT2D eigenvalue weighted by Crippen LogP contribution is -2.13. The molecule has 0 saturated heterocycles. The lowest BCUT2D eigenvalue weighted by atomic mass is 9.96. The molecule has 0 aliphatic heterocycles. The predicted molar refractivity (Wildman–Crippen MR) is 139 cm³/mol. The molecule has 174 valence electrons. The molecule has 0 atom stereocenters. The number of pyridine rings is 1. The summed E-state index contributed by atoms with van der Waals surface area (Å²) in [5, 5.41) is 12.0. The number of carbonyl (C=O) groups is 2. The van der Waals surface area contributed by atoms with Crippen molar-refractivity contribution in [2.24, 2.45) is 0 Å². The first kappa shape index (κ1) is 23.6. The zero-order chi connectivity index (χ0) is 24.5. The van der Waals surface area contributed by atoms with Gasteiger partial charge in [0.1, 0.15) is 0 Å². The third-order valence-electron chi connectivity index (χ3n) is 5.60. The van der Waals surface area contributed by atoms with Crippen molar-refractivity contribution in [3.05, 3.63) is 126 Å². The molecule has 0 fully saturated rings. The van der Waals surface area contributed by atoms with Gasteiger partial charge in [0.05, 0.1) is 0 Å². The maximum atomic E-state index is 13.2. The number of hydrogen-bond donors (Lipinski definition) is 2. The van der Waals surface area contributed by atoms with Crippen molar-refractivity contribution in [1.29, 1.82) is 0 Å². The summed E-state index contributed by atoms with van der Waals surface area (Å²) in [6.07, 6.45) is 6.82. The summed E-state index contributed by atoms with van der Waals surface area (Å²) in [5.74, 6) is -0.989. The molecule has 0 radical (unpaired) electrons. The zero-order valence-electron chi connectivity index (χ0n) is 19.2. The van der Waals surface area contributed by atoms with Crippen molar-refractivity contribution in [3.8, 4) is 11.1 Å². The molecule has 0 spiro atoms. The summed E-state index contributed by atoms with van der Waals surface area (Å²) >= 11 is 0. The van der Waals surface area contributed by atoms with E-state index in [1.165, 1.54) is 0 Å². The van der Waals surface area contributed by atoms with Gasteiger partial charge in [0, 0.05) is 35.6 Å². The second kappa shape index (κ2) is 11.6. The molecule has 5 heteroatoms. The summed E-state index contributed by atoms with van der Waals surface area (Å²) < 4.78 is 0. The van der Waals surface area contributed by atoms with E-state index in [9.17, 15) is 9.59 Å². The van der Waals surface area contributed by atoms with Crippen molar-refractivity contribution in [3.63, 3.8) is 0 Å². The Labute approximate surface area is 204 Å². The van der Waals surface area contributed by atoms with Crippen molar-refractivity contribution in [2.45, 2.75) is 19.3 Å². The first-order valence-corrected chi connectivity index (χ1v) is 11.5. The number of aliphatic carboxylic acids is 1. The Hall–Kier alpha value is -4.51. The Bertz CT molecular complexity index is 1330. The molecule has 1 aromatic heterocycles. The summed E-state index contributed by atoms with van der Waals surface area (Å²) in [5.41, 5.74) is 5.93. The maximum absolute atomic E-state index is 13.2. The number of unbranched alkanes of at least 4 members (excludes halogenated alkanes) is 1. The minimum Gasteiger partial charge on any atom is -0.481 e. The van der Waals surface area contributed by atoms with Gasteiger partial charge in [-0.2, -0.15) is 0 Å². The molecule has 0 bridgehead atoms. The number of carbonyl (C=O) groups excluding carboxylic acids is 1. The highest BCUT2D eigenvalue weighted by Gasteiger charge is 2.13. The zero-order valence-corrected chi connectivity index (χ0v) is 19.2. The second-order valence-corrected chi connectivity index (χ2v) is 8.09. The van der Waals surface area contributed by atoms with Crippen LogP contribution in [0.3, 0.4) is 0 Å². The highest BCUT2D eigenvalue weighted by Crippen LogP contribution is 2.28. The van der Waals surface area contributed by atoms with Gasteiger partial charge in [-0.15, -0.1) is 0 Å². The molecule has 4 aromatic rings. The van der Waals surface area contributed by atoms with Gasteiger partial charge in [0.25, 0.3) is 5.91 Å². The fourth-order valence-electron chi connectivity index (χ4n) is 3.94. The van der Waals surface area contributed by atoms with E-state index in [2.05, 4.69) is 10.3 Å². The van der Waals surface area contributed by atoms with Crippen LogP contribution in [0.25, 0.3) is 16.7 Å². The molecule has 0 aliphatic carbocycles. The number of nitrogens with one attached hydrogen (secondary N) is 1. The van der Waals surface area contributed by atoms with Crippen LogP contribution in [-0.2, 0) is 4.79 Å². The van der Waals surface area contributed by atoms with Crippen LogP contribution >= 0.6 is 0 Å². The van der Waals surface area contributed by atoms with Crippen LogP contribution in [0.5, 0.6) is 0 Å². The molecule has 35 heavy (non-hydrogen) atoms. The van der Waals surface area contributed by atoms with Crippen LogP contribution in [0, 0.1) is 0 Å². The average molecular weight is 463 g/mol. The number of anilines is 1. The first-order chi connectivity index (χ1) is 17.1. The van der Waals surface area contributed by atoms with E-state index in [1.54, 1.807) is 12.4 Å². The van der Waals surface area contributed by atoms with Crippen LogP contribution in [0.15, 0.2) is 109 Å². The van der Waals surface area contributed by atoms with Crippen molar-refractivity contribution in [1.82, 2.24) is 4.98 Å². The molecular weight excluding hydrogens is 436 g/mol. The fraction of sp³-hybridized carbons (Fsp3) is 0.100. The molecule has 0 saturated carbocycles. The number of amides is 1. The SMILES string of the molecule is O=C(O)CCCC=C(c1cccnc1)c1cccc(NC(=O)c2ccccc2-c2ccccc2)c1. The van der Waals surface area contributed by atoms with Gasteiger partial charge in [-0.05, 0) is 59.4 Å². The number of aromatic nitrogens is 1. The van der Waals surface area contributed by atoms with Gasteiger partial charge in [0.15, 0.2) is 0 Å². The highest BCUT2D eigenvalue weighted by molar-refractivity contribution is 6.08. The molecular formula is C30H26N2O3. The first-order valence-electron chi connectivity index (χ1n) is 11.5. The van der Waals surface area contributed by atoms with Crippen molar-refractivity contribution < 1.29 is 14.7 Å². The molecule has 0 aliphatic rings. The number of allylic oxidation sites excluding steroid dienone is 1. The Kier molecular flexibility index (Phi) is 7.81. The van der Waals surface area contributed by atoms with Crippen LogP contribution in [-0.4, -0.2) is 22.0 Å². The van der Waals surface area contributed by atoms with Crippen molar-refractivity contribution >= 4 is 23.1 Å². The summed E-state index contributed by atoms with van der Waals surface area (Å²) in [6, 6.07) is 28.9. The van der Waals surface area contributed by atoms with Gasteiger partial charge >= 0.3 is 5.97 Å². The van der Waals surface area contributed by atoms with Gasteiger partial charge in [-0.25, -0.2) is 0 Å². The quantitative estimate of drug-likeness (QED) is 0.272. The smallest absolute Gasteiger partial charge is 0.303 e. The summed E-state index contributed by atoms with van der Waals surface area (Å²) in [6.45, 7) is 0. The van der Waals surface area contributed by atoms with Gasteiger partial charge in [-0.3, -0.25) is 14.6 Å². The average Bonchev–Trinajstić information content (AvgIpc) is 2.89. The predicted octanol–water partition coefficient (Wildman–Crippen LogP) is 6.69. The van der Waals surface area contributed by atoms with Crippen LogP contribution in [0.4, 0.5) is 5.69 Å². The number of rotatable bonds is 9. The Morgan fingerprint density at radius 2 is 1.63 bits per heavy atom. The lowest BCUT2D eigenvalue weighted by Gasteiger charge is -2.13. The second-order valence-electron chi connectivity index (χ2n) is 8.09. The van der Waals surface area contributed by atoms with E-state index in [4.69, 9.17) is 5.11 Å². The molecule has 3 aromatic carbocycles. The van der Waals surface area contributed by atoms with E-state index in [-0.39, 0.29) is 12.3 Å². The van der Waals surface area contributed by atoms with Crippen LogP contribution in [0.1, 0.15) is 40.7 Å². The minimum absolute atomic E-state index is 0.119. The summed E-state index contributed by atoms with van der Waals surface area (Å²) in [7, 11) is 0. The molecule has 2 N–H and O–H groups in total. The van der Waals surface area contributed by atoms with Gasteiger partial charge < -0.3 is 10.4 Å². The normalized spacial score (nSPS) is 11.1. The highest BCUT2D eigenvalue weighted by atomic mass is 16.4. The standard InChI is InChI=1S/C30H26N2O3/c33-29(34)18-7-6-15-26(24-13-9-19-31-21-24)23-12-8-14-25(20-23)32-30(35)28-17-5-4-16-27(28)22-10-2-1-3-11-22/h1-5,8-17,19-21H,6-7,18H2,(H,32,35)(H,33,34). The monoisotopic (exact) mass is 462 g/mol. The summed E-state index contributed by atoms with van der Waals surface area (Å²) in [4.78, 5) is 28.4. The Morgan fingerprint density at radius 1 is 0.857 bits per heavy atom.